The van der Waals surface area contributed by atoms with E-state index in [-0.39, 0.29) is 54.1 Å². The summed E-state index contributed by atoms with van der Waals surface area (Å²) in [5.74, 6) is 5.43. The highest BCUT2D eigenvalue weighted by molar-refractivity contribution is 7.89. The highest BCUT2D eigenvalue weighted by Crippen LogP contribution is 2.34. The van der Waals surface area contributed by atoms with E-state index in [9.17, 15) is 22.7 Å². The molecule has 3 atom stereocenters. The Bertz CT molecular complexity index is 1330. The van der Waals surface area contributed by atoms with Crippen LogP contribution >= 0.6 is 0 Å². The van der Waals surface area contributed by atoms with Crippen molar-refractivity contribution in [1.29, 1.82) is 0 Å². The maximum Gasteiger partial charge on any atom is 0.317 e. The molecular formula is C29H36FN3O5S. The summed E-state index contributed by atoms with van der Waals surface area (Å²) in [6, 6.07) is 9.74. The van der Waals surface area contributed by atoms with Gasteiger partial charge in [0.25, 0.3) is 0 Å². The first-order chi connectivity index (χ1) is 18.6. The van der Waals surface area contributed by atoms with Gasteiger partial charge >= 0.3 is 6.03 Å². The van der Waals surface area contributed by atoms with E-state index >= 15 is 0 Å². The number of hydrogen-bond donors (Lipinski definition) is 2. The molecule has 0 bridgehead atoms. The second-order valence-electron chi connectivity index (χ2n) is 10.5. The number of rotatable bonds is 5. The molecule has 1 saturated carbocycles. The normalized spacial score (nSPS) is 21.9. The number of ether oxygens (including phenoxy) is 1. The zero-order valence-corrected chi connectivity index (χ0v) is 23.4. The second-order valence-corrected chi connectivity index (χ2v) is 12.3. The van der Waals surface area contributed by atoms with Gasteiger partial charge < -0.3 is 20.1 Å². The number of nitrogens with zero attached hydrogens (tertiary/aromatic N) is 2. The van der Waals surface area contributed by atoms with Crippen molar-refractivity contribution in [3.63, 3.8) is 0 Å². The quantitative estimate of drug-likeness (QED) is 0.548. The molecule has 10 heteroatoms. The summed E-state index contributed by atoms with van der Waals surface area (Å²) in [5, 5.41) is 12.9. The maximum atomic E-state index is 13.7. The van der Waals surface area contributed by atoms with E-state index < -0.39 is 22.2 Å². The van der Waals surface area contributed by atoms with Crippen molar-refractivity contribution < 1.29 is 27.4 Å². The number of urea groups is 1. The lowest BCUT2D eigenvalue weighted by Crippen LogP contribution is -2.51. The predicted octanol–water partition coefficient (Wildman–Crippen LogP) is 3.58. The van der Waals surface area contributed by atoms with Gasteiger partial charge in [0, 0.05) is 42.7 Å². The third kappa shape index (κ3) is 6.90. The van der Waals surface area contributed by atoms with Gasteiger partial charge in [-0.3, -0.25) is 0 Å². The van der Waals surface area contributed by atoms with Crippen LogP contribution in [0.5, 0.6) is 5.75 Å². The van der Waals surface area contributed by atoms with Crippen LogP contribution < -0.4 is 10.1 Å². The van der Waals surface area contributed by atoms with Gasteiger partial charge in [0.2, 0.25) is 10.0 Å². The van der Waals surface area contributed by atoms with E-state index in [4.69, 9.17) is 4.74 Å². The summed E-state index contributed by atoms with van der Waals surface area (Å²) < 4.78 is 48.2. The Labute approximate surface area is 230 Å². The zero-order chi connectivity index (χ0) is 28.2. The largest absolute Gasteiger partial charge is 0.487 e. The zero-order valence-electron chi connectivity index (χ0n) is 22.6. The van der Waals surface area contributed by atoms with E-state index in [2.05, 4.69) is 17.2 Å². The summed E-state index contributed by atoms with van der Waals surface area (Å²) in [4.78, 5) is 14.4. The van der Waals surface area contributed by atoms with Gasteiger partial charge in [-0.2, -0.15) is 4.31 Å². The fraction of sp³-hybridized carbons (Fsp3) is 0.483. The molecule has 0 radical (unpaired) electrons. The minimum Gasteiger partial charge on any atom is -0.487 e. The van der Waals surface area contributed by atoms with Gasteiger partial charge in [0.15, 0.2) is 0 Å². The third-order valence-corrected chi connectivity index (χ3v) is 9.37. The average molecular weight is 558 g/mol. The number of carbonyl (C=O) groups is 1. The molecule has 1 heterocycles. The predicted molar refractivity (Wildman–Crippen MR) is 146 cm³/mol. The molecule has 0 spiro atoms. The van der Waals surface area contributed by atoms with Crippen molar-refractivity contribution in [3.8, 4) is 17.6 Å². The monoisotopic (exact) mass is 557 g/mol. The summed E-state index contributed by atoms with van der Waals surface area (Å²) in [6.07, 6.45) is 3.63. The number of nitrogens with one attached hydrogen (secondary N) is 1. The van der Waals surface area contributed by atoms with Crippen LogP contribution in [-0.2, 0) is 10.0 Å². The molecule has 2 aromatic carbocycles. The molecular weight excluding hydrogens is 521 g/mol. The Morgan fingerprint density at radius 3 is 2.49 bits per heavy atom. The Morgan fingerprint density at radius 2 is 1.82 bits per heavy atom. The van der Waals surface area contributed by atoms with E-state index in [0.29, 0.717) is 11.1 Å². The lowest BCUT2D eigenvalue weighted by atomic mass is 10.0. The van der Waals surface area contributed by atoms with Crippen LogP contribution in [0.4, 0.5) is 9.18 Å². The second kappa shape index (κ2) is 12.4. The van der Waals surface area contributed by atoms with E-state index in [1.54, 1.807) is 43.1 Å². The van der Waals surface area contributed by atoms with Crippen LogP contribution in [0.3, 0.4) is 0 Å². The van der Waals surface area contributed by atoms with Crippen LogP contribution in [0, 0.1) is 23.6 Å². The first-order valence-electron chi connectivity index (χ1n) is 13.3. The number of carbonyl (C=O) groups excluding carboxylic acids is 1. The molecule has 0 unspecified atom stereocenters. The number of halogens is 1. The maximum absolute atomic E-state index is 13.7. The molecule has 8 nitrogen and oxygen atoms in total. The van der Waals surface area contributed by atoms with Crippen LogP contribution in [0.1, 0.15) is 50.7 Å². The van der Waals surface area contributed by atoms with Gasteiger partial charge in [-0.05, 0) is 62.2 Å². The minimum atomic E-state index is -3.99. The van der Waals surface area contributed by atoms with E-state index in [0.717, 1.165) is 25.7 Å². The van der Waals surface area contributed by atoms with Crippen LogP contribution in [0.25, 0.3) is 0 Å². The van der Waals surface area contributed by atoms with Crippen molar-refractivity contribution in [2.45, 2.75) is 62.6 Å². The Hall–Kier alpha value is -3.13. The number of benzene rings is 2. The number of aliphatic hydroxyl groups excluding tert-OH is 1. The van der Waals surface area contributed by atoms with Crippen molar-refractivity contribution in [2.24, 2.45) is 5.92 Å². The molecule has 1 aliphatic carbocycles. The molecule has 1 fully saturated rings. The molecule has 2 N–H and O–H groups in total. The Morgan fingerprint density at radius 1 is 1.18 bits per heavy atom. The van der Waals surface area contributed by atoms with Crippen molar-refractivity contribution in [1.82, 2.24) is 14.5 Å². The minimum absolute atomic E-state index is 0.0231. The van der Waals surface area contributed by atoms with Crippen LogP contribution in [0.2, 0.25) is 0 Å². The standard InChI is InChI=1S/C29H36FN3O5S/c1-20-17-33(21(2)19-34)39(36,37)28-15-12-23(9-8-22-10-13-24(30)14-11-22)16-26(28)38-27(20)18-32(3)29(35)31-25-6-4-5-7-25/h10-16,20-21,25,27,34H,4-7,17-19H2,1-3H3,(H,31,35)/t20-,21+,27+/m1/s1. The fourth-order valence-electron chi connectivity index (χ4n) is 4.91. The summed E-state index contributed by atoms with van der Waals surface area (Å²) >= 11 is 0. The van der Waals surface area contributed by atoms with Gasteiger partial charge in [-0.25, -0.2) is 17.6 Å². The van der Waals surface area contributed by atoms with Crippen LogP contribution in [-0.4, -0.2) is 73.7 Å². The highest BCUT2D eigenvalue weighted by Gasteiger charge is 2.38. The molecule has 4 rings (SSSR count). The molecule has 210 valence electrons. The van der Waals surface area contributed by atoms with Crippen molar-refractivity contribution >= 4 is 16.1 Å². The van der Waals surface area contributed by atoms with Gasteiger partial charge in [0.05, 0.1) is 13.2 Å². The van der Waals surface area contributed by atoms with Gasteiger partial charge in [0.1, 0.15) is 22.6 Å². The molecule has 0 saturated heterocycles. The smallest absolute Gasteiger partial charge is 0.317 e. The first kappa shape index (κ1) is 28.9. The number of fused-ring (bicyclic) bond motifs is 1. The summed E-state index contributed by atoms with van der Waals surface area (Å²) in [7, 11) is -2.29. The average Bonchev–Trinajstić information content (AvgIpc) is 3.42. The SMILES string of the molecule is C[C@@H]1CN([C@@H](C)CO)S(=O)(=O)c2ccc(C#Cc3ccc(F)cc3)cc2O[C@H]1CN(C)C(=O)NC1CCCC1. The van der Waals surface area contributed by atoms with E-state index in [1.165, 1.54) is 22.5 Å². The first-order valence-corrected chi connectivity index (χ1v) is 14.7. The van der Waals surface area contributed by atoms with Crippen molar-refractivity contribution in [2.75, 3.05) is 26.7 Å². The summed E-state index contributed by atoms with van der Waals surface area (Å²) in [6.45, 7) is 3.57. The molecule has 2 aliphatic rings. The van der Waals surface area contributed by atoms with Crippen LogP contribution in [0.15, 0.2) is 47.4 Å². The fourth-order valence-corrected chi connectivity index (χ4v) is 6.73. The summed E-state index contributed by atoms with van der Waals surface area (Å²) in [5.41, 5.74) is 1.13. The topological polar surface area (TPSA) is 99.2 Å². The molecule has 2 aromatic rings. The van der Waals surface area contributed by atoms with Gasteiger partial charge in [-0.15, -0.1) is 0 Å². The van der Waals surface area contributed by atoms with Gasteiger partial charge in [-0.1, -0.05) is 31.6 Å². The lowest BCUT2D eigenvalue weighted by Gasteiger charge is -2.37. The number of aliphatic hydroxyl groups is 1. The Balaban J connectivity index is 1.66. The number of hydrogen-bond acceptors (Lipinski definition) is 5. The molecule has 39 heavy (non-hydrogen) atoms. The highest BCUT2D eigenvalue weighted by atomic mass is 32.2. The third-order valence-electron chi connectivity index (χ3n) is 7.35. The number of likely N-dealkylation sites (N-methyl/N-ethyl adjacent to an activating group) is 1. The van der Waals surface area contributed by atoms with Crippen molar-refractivity contribution in [3.05, 3.63) is 59.4 Å². The molecule has 2 amide bonds. The molecule has 1 aliphatic heterocycles. The number of amides is 2. The lowest BCUT2D eigenvalue weighted by molar-refractivity contribution is 0.0808. The van der Waals surface area contributed by atoms with E-state index in [1.807, 2.05) is 6.92 Å². The number of sulfonamides is 1. The Kier molecular flexibility index (Phi) is 9.15. The molecule has 0 aromatic heterocycles.